The molecular weight excluding hydrogens is 290 g/mol. The smallest absolute Gasteiger partial charge is 0.223 e. The Bertz CT molecular complexity index is 602. The number of carbonyl (C=O) groups is 1. The average Bonchev–Trinajstić information content (AvgIpc) is 3.04. The van der Waals surface area contributed by atoms with E-state index in [4.69, 9.17) is 9.47 Å². The molecule has 4 rings (SSSR count). The summed E-state index contributed by atoms with van der Waals surface area (Å²) in [6, 6.07) is 2.57. The van der Waals surface area contributed by atoms with Crippen LogP contribution in [-0.4, -0.2) is 30.1 Å². The van der Waals surface area contributed by atoms with Gasteiger partial charge in [0.05, 0.1) is 13.2 Å². The standard InChI is InChI=1S/C19H25NO3/c1-12(2)9-18(21)20(14-3-4-14)11-16-15-6-8-22-17(15)10-13-5-7-23-19(13)16/h10,12,14H,3-9,11H2,1-2H3. The van der Waals surface area contributed by atoms with E-state index in [-0.39, 0.29) is 5.91 Å². The summed E-state index contributed by atoms with van der Waals surface area (Å²) in [5, 5.41) is 0. The molecule has 0 aromatic heterocycles. The van der Waals surface area contributed by atoms with Crippen LogP contribution in [0.2, 0.25) is 0 Å². The molecule has 0 unspecified atom stereocenters. The Labute approximate surface area is 137 Å². The van der Waals surface area contributed by atoms with E-state index in [2.05, 4.69) is 24.8 Å². The monoisotopic (exact) mass is 315 g/mol. The lowest BCUT2D eigenvalue weighted by Gasteiger charge is -2.25. The number of rotatable bonds is 5. The summed E-state index contributed by atoms with van der Waals surface area (Å²) in [4.78, 5) is 14.8. The van der Waals surface area contributed by atoms with E-state index in [1.807, 2.05) is 0 Å². The topological polar surface area (TPSA) is 38.8 Å². The molecule has 0 bridgehead atoms. The zero-order valence-electron chi connectivity index (χ0n) is 14.1. The van der Waals surface area contributed by atoms with E-state index in [0.717, 1.165) is 50.4 Å². The van der Waals surface area contributed by atoms with Crippen molar-refractivity contribution in [3.8, 4) is 11.5 Å². The van der Waals surface area contributed by atoms with Gasteiger partial charge in [-0.3, -0.25) is 4.79 Å². The second-order valence-corrected chi connectivity index (χ2v) is 7.37. The Morgan fingerprint density at radius 2 is 2.04 bits per heavy atom. The van der Waals surface area contributed by atoms with Crippen molar-refractivity contribution in [1.29, 1.82) is 0 Å². The predicted molar refractivity (Wildman–Crippen MR) is 87.9 cm³/mol. The molecular formula is C19H25NO3. The molecule has 1 aromatic carbocycles. The predicted octanol–water partition coefficient (Wildman–Crippen LogP) is 3.09. The largest absolute Gasteiger partial charge is 0.493 e. The van der Waals surface area contributed by atoms with E-state index >= 15 is 0 Å². The van der Waals surface area contributed by atoms with Gasteiger partial charge in [-0.25, -0.2) is 0 Å². The van der Waals surface area contributed by atoms with E-state index in [0.29, 0.717) is 24.9 Å². The highest BCUT2D eigenvalue weighted by molar-refractivity contribution is 5.77. The van der Waals surface area contributed by atoms with Gasteiger partial charge < -0.3 is 14.4 Å². The molecule has 0 radical (unpaired) electrons. The lowest BCUT2D eigenvalue weighted by atomic mass is 9.98. The fraction of sp³-hybridized carbons (Fsp3) is 0.632. The van der Waals surface area contributed by atoms with Gasteiger partial charge in [-0.15, -0.1) is 0 Å². The number of ether oxygens (including phenoxy) is 2. The van der Waals surface area contributed by atoms with E-state index in [9.17, 15) is 4.79 Å². The summed E-state index contributed by atoms with van der Waals surface area (Å²) in [5.41, 5.74) is 3.71. The highest BCUT2D eigenvalue weighted by Crippen LogP contribution is 2.42. The zero-order chi connectivity index (χ0) is 16.0. The SMILES string of the molecule is CC(C)CC(=O)N(Cc1c2c(cc3c1OCC3)OCC2)C1CC1. The molecule has 1 aliphatic carbocycles. The molecule has 3 aliphatic rings. The third-order valence-corrected chi connectivity index (χ3v) is 4.98. The minimum atomic E-state index is 0.283. The van der Waals surface area contributed by atoms with Crippen LogP contribution in [0.3, 0.4) is 0 Å². The fourth-order valence-corrected chi connectivity index (χ4v) is 3.70. The number of hydrogen-bond donors (Lipinski definition) is 0. The maximum atomic E-state index is 12.7. The Hall–Kier alpha value is -1.71. The van der Waals surface area contributed by atoms with E-state index in [1.54, 1.807) is 0 Å². The Kier molecular flexibility index (Phi) is 3.70. The molecule has 2 aliphatic heterocycles. The van der Waals surface area contributed by atoms with Crippen LogP contribution in [0.1, 0.15) is 49.8 Å². The number of amides is 1. The highest BCUT2D eigenvalue weighted by atomic mass is 16.5. The van der Waals surface area contributed by atoms with Crippen molar-refractivity contribution in [2.24, 2.45) is 5.92 Å². The molecule has 0 atom stereocenters. The van der Waals surface area contributed by atoms with Crippen LogP contribution in [-0.2, 0) is 24.2 Å². The lowest BCUT2D eigenvalue weighted by Crippen LogP contribution is -2.33. The molecule has 23 heavy (non-hydrogen) atoms. The summed E-state index contributed by atoms with van der Waals surface area (Å²) in [6.07, 6.45) is 4.78. The lowest BCUT2D eigenvalue weighted by molar-refractivity contribution is -0.133. The summed E-state index contributed by atoms with van der Waals surface area (Å²) in [6.45, 7) is 6.39. The highest BCUT2D eigenvalue weighted by Gasteiger charge is 2.35. The number of benzene rings is 1. The number of nitrogens with zero attached hydrogens (tertiary/aromatic N) is 1. The Balaban J connectivity index is 1.66. The molecule has 0 N–H and O–H groups in total. The summed E-state index contributed by atoms with van der Waals surface area (Å²) in [5.74, 6) is 2.72. The summed E-state index contributed by atoms with van der Waals surface area (Å²) >= 11 is 0. The molecule has 1 saturated carbocycles. The van der Waals surface area contributed by atoms with Gasteiger partial charge in [0.1, 0.15) is 11.5 Å². The number of fused-ring (bicyclic) bond motifs is 2. The van der Waals surface area contributed by atoms with Crippen molar-refractivity contribution in [3.63, 3.8) is 0 Å². The maximum Gasteiger partial charge on any atom is 0.223 e. The fourth-order valence-electron chi connectivity index (χ4n) is 3.70. The second-order valence-electron chi connectivity index (χ2n) is 7.37. The molecule has 4 heteroatoms. The minimum Gasteiger partial charge on any atom is -0.493 e. The molecule has 0 saturated heterocycles. The molecule has 1 amide bonds. The van der Waals surface area contributed by atoms with E-state index < -0.39 is 0 Å². The van der Waals surface area contributed by atoms with Crippen LogP contribution in [0.4, 0.5) is 0 Å². The van der Waals surface area contributed by atoms with Crippen LogP contribution in [0, 0.1) is 5.92 Å². The molecule has 4 nitrogen and oxygen atoms in total. The Morgan fingerprint density at radius 3 is 2.78 bits per heavy atom. The number of hydrogen-bond acceptors (Lipinski definition) is 3. The van der Waals surface area contributed by atoms with Crippen LogP contribution < -0.4 is 9.47 Å². The summed E-state index contributed by atoms with van der Waals surface area (Å²) < 4.78 is 11.7. The van der Waals surface area contributed by atoms with Crippen molar-refractivity contribution in [1.82, 2.24) is 4.90 Å². The zero-order valence-corrected chi connectivity index (χ0v) is 14.1. The minimum absolute atomic E-state index is 0.283. The average molecular weight is 315 g/mol. The third-order valence-electron chi connectivity index (χ3n) is 4.98. The first-order valence-electron chi connectivity index (χ1n) is 8.86. The van der Waals surface area contributed by atoms with Crippen molar-refractivity contribution in [3.05, 3.63) is 22.8 Å². The molecule has 124 valence electrons. The second kappa shape index (κ2) is 5.73. The van der Waals surface area contributed by atoms with Gasteiger partial charge in [0.15, 0.2) is 0 Å². The molecule has 2 heterocycles. The Morgan fingerprint density at radius 1 is 1.26 bits per heavy atom. The molecule has 1 aromatic rings. The van der Waals surface area contributed by atoms with Gasteiger partial charge in [-0.05, 0) is 24.8 Å². The third kappa shape index (κ3) is 2.79. The molecule has 0 spiro atoms. The van der Waals surface area contributed by atoms with Gasteiger partial charge in [-0.2, -0.15) is 0 Å². The van der Waals surface area contributed by atoms with Crippen molar-refractivity contribution < 1.29 is 14.3 Å². The summed E-state index contributed by atoms with van der Waals surface area (Å²) in [7, 11) is 0. The normalized spacial score (nSPS) is 18.4. The van der Waals surface area contributed by atoms with Gasteiger partial charge in [0.25, 0.3) is 0 Å². The maximum absolute atomic E-state index is 12.7. The van der Waals surface area contributed by atoms with Gasteiger partial charge >= 0.3 is 0 Å². The first-order chi connectivity index (χ1) is 11.1. The van der Waals surface area contributed by atoms with Crippen LogP contribution in [0.15, 0.2) is 6.07 Å². The van der Waals surface area contributed by atoms with Crippen molar-refractivity contribution in [2.75, 3.05) is 13.2 Å². The van der Waals surface area contributed by atoms with Crippen LogP contribution >= 0.6 is 0 Å². The van der Waals surface area contributed by atoms with E-state index in [1.165, 1.54) is 16.7 Å². The first kappa shape index (κ1) is 14.9. The van der Waals surface area contributed by atoms with Crippen LogP contribution in [0.25, 0.3) is 0 Å². The molecule has 1 fully saturated rings. The quantitative estimate of drug-likeness (QED) is 0.838. The van der Waals surface area contributed by atoms with Gasteiger partial charge in [0, 0.05) is 48.5 Å². The van der Waals surface area contributed by atoms with Gasteiger partial charge in [0.2, 0.25) is 5.91 Å². The van der Waals surface area contributed by atoms with Gasteiger partial charge in [-0.1, -0.05) is 13.8 Å². The first-order valence-corrected chi connectivity index (χ1v) is 8.86. The van der Waals surface area contributed by atoms with Crippen molar-refractivity contribution in [2.45, 2.75) is 58.5 Å². The van der Waals surface area contributed by atoms with Crippen molar-refractivity contribution >= 4 is 5.91 Å². The number of carbonyl (C=O) groups excluding carboxylic acids is 1. The van der Waals surface area contributed by atoms with Crippen LogP contribution in [0.5, 0.6) is 11.5 Å².